The molecule has 2 heterocycles. The van der Waals surface area contributed by atoms with Crippen molar-refractivity contribution in [1.82, 2.24) is 14.7 Å². The van der Waals surface area contributed by atoms with Crippen LogP contribution in [0, 0.1) is 24.6 Å². The number of nitrogens with two attached hydrogens (primary N) is 1. The summed E-state index contributed by atoms with van der Waals surface area (Å²) in [5.41, 5.74) is 10.8. The molecule has 0 unspecified atom stereocenters. The van der Waals surface area contributed by atoms with Crippen molar-refractivity contribution >= 4 is 11.7 Å². The van der Waals surface area contributed by atoms with Gasteiger partial charge in [0, 0.05) is 36.7 Å². The van der Waals surface area contributed by atoms with Gasteiger partial charge in [-0.25, -0.2) is 13.9 Å². The van der Waals surface area contributed by atoms with Gasteiger partial charge in [0.25, 0.3) is 0 Å². The van der Waals surface area contributed by atoms with E-state index in [1.165, 1.54) is 6.07 Å². The molecule has 3 aromatic rings. The molecule has 37 heavy (non-hydrogen) atoms. The fourth-order valence-corrected chi connectivity index (χ4v) is 4.79. The first-order valence-corrected chi connectivity index (χ1v) is 13.0. The number of hydrogen-bond acceptors (Lipinski definition) is 4. The standard InChI is InChI=1S/C29H38FN5O2/c1-17(2)16-37-26-9-7-8-19(5)27(26)35-28(21-10-11-25(23(30)14-21)32-29(31)36)22-15-34(20(6)18(3)4)13-12-24(22)33-35/h7-11,14,17-18,20H,12-13,15-16H2,1-6H3,(H3,31,32,36)/t20-/m0/s1. The van der Waals surface area contributed by atoms with Crippen LogP contribution in [0.4, 0.5) is 14.9 Å². The Kier molecular flexibility index (Phi) is 7.87. The van der Waals surface area contributed by atoms with Gasteiger partial charge in [0.15, 0.2) is 0 Å². The number of nitrogens with one attached hydrogen (secondary N) is 1. The van der Waals surface area contributed by atoms with E-state index >= 15 is 4.39 Å². The molecular weight excluding hydrogens is 469 g/mol. The normalized spacial score (nSPS) is 14.6. The molecule has 0 fully saturated rings. The molecule has 2 aromatic carbocycles. The Bertz CT molecular complexity index is 1280. The van der Waals surface area contributed by atoms with Crippen LogP contribution in [0.15, 0.2) is 36.4 Å². The lowest BCUT2D eigenvalue weighted by atomic mass is 9.96. The first-order valence-electron chi connectivity index (χ1n) is 13.0. The number of aromatic nitrogens is 2. The molecule has 1 aliphatic rings. The Labute approximate surface area is 218 Å². The minimum atomic E-state index is -0.806. The van der Waals surface area contributed by atoms with Crippen LogP contribution >= 0.6 is 0 Å². The second-order valence-electron chi connectivity index (χ2n) is 10.7. The van der Waals surface area contributed by atoms with Crippen LogP contribution in [0.2, 0.25) is 0 Å². The predicted octanol–water partition coefficient (Wildman–Crippen LogP) is 5.91. The van der Waals surface area contributed by atoms with Crippen LogP contribution in [0.5, 0.6) is 5.75 Å². The number of anilines is 1. The minimum Gasteiger partial charge on any atom is -0.491 e. The molecule has 0 spiro atoms. The Morgan fingerprint density at radius 1 is 1.19 bits per heavy atom. The molecule has 198 valence electrons. The third-order valence-corrected chi connectivity index (χ3v) is 7.09. The molecule has 2 amide bonds. The van der Waals surface area contributed by atoms with Crippen LogP contribution in [-0.2, 0) is 13.0 Å². The molecule has 0 saturated carbocycles. The second-order valence-corrected chi connectivity index (χ2v) is 10.7. The zero-order valence-corrected chi connectivity index (χ0v) is 22.6. The molecule has 0 aliphatic carbocycles. The molecule has 4 rings (SSSR count). The predicted molar refractivity (Wildman–Crippen MR) is 146 cm³/mol. The van der Waals surface area contributed by atoms with Gasteiger partial charge in [-0.05, 0) is 49.4 Å². The van der Waals surface area contributed by atoms with Crippen molar-refractivity contribution in [2.24, 2.45) is 17.6 Å². The monoisotopic (exact) mass is 507 g/mol. The van der Waals surface area contributed by atoms with Crippen LogP contribution < -0.4 is 15.8 Å². The highest BCUT2D eigenvalue weighted by Gasteiger charge is 2.30. The largest absolute Gasteiger partial charge is 0.491 e. The zero-order chi connectivity index (χ0) is 26.9. The fraction of sp³-hybridized carbons (Fsp3) is 0.448. The van der Waals surface area contributed by atoms with Gasteiger partial charge in [-0.1, -0.05) is 45.9 Å². The zero-order valence-electron chi connectivity index (χ0n) is 22.6. The number of benzene rings is 2. The second kappa shape index (κ2) is 10.9. The van der Waals surface area contributed by atoms with Crippen molar-refractivity contribution in [3.05, 3.63) is 59.0 Å². The van der Waals surface area contributed by atoms with Crippen molar-refractivity contribution in [2.45, 2.75) is 60.5 Å². The van der Waals surface area contributed by atoms with E-state index in [9.17, 15) is 4.79 Å². The maximum absolute atomic E-state index is 15.1. The highest BCUT2D eigenvalue weighted by atomic mass is 19.1. The van der Waals surface area contributed by atoms with E-state index < -0.39 is 11.8 Å². The molecule has 0 saturated heterocycles. The lowest BCUT2D eigenvalue weighted by molar-refractivity contribution is 0.152. The third kappa shape index (κ3) is 5.64. The Balaban J connectivity index is 1.90. The van der Waals surface area contributed by atoms with E-state index in [0.717, 1.165) is 53.5 Å². The van der Waals surface area contributed by atoms with E-state index in [4.69, 9.17) is 15.6 Å². The quantitative estimate of drug-likeness (QED) is 0.397. The Hall–Kier alpha value is -3.39. The average Bonchev–Trinajstić information content (AvgIpc) is 3.21. The summed E-state index contributed by atoms with van der Waals surface area (Å²) >= 11 is 0. The summed E-state index contributed by atoms with van der Waals surface area (Å²) in [6.07, 6.45) is 0.810. The average molecular weight is 508 g/mol. The first-order chi connectivity index (χ1) is 17.6. The van der Waals surface area contributed by atoms with Crippen molar-refractivity contribution in [3.63, 3.8) is 0 Å². The van der Waals surface area contributed by atoms with Gasteiger partial charge >= 0.3 is 6.03 Å². The van der Waals surface area contributed by atoms with Crippen LogP contribution in [-0.4, -0.2) is 39.9 Å². The van der Waals surface area contributed by atoms with E-state index in [1.807, 2.05) is 29.8 Å². The van der Waals surface area contributed by atoms with Gasteiger partial charge in [-0.2, -0.15) is 5.10 Å². The number of halogens is 1. The number of nitrogens with zero attached hydrogens (tertiary/aromatic N) is 3. The number of carbonyl (C=O) groups is 1. The van der Waals surface area contributed by atoms with Crippen molar-refractivity contribution in [2.75, 3.05) is 18.5 Å². The molecule has 3 N–H and O–H groups in total. The number of amides is 2. The van der Waals surface area contributed by atoms with Gasteiger partial charge in [0.05, 0.1) is 23.7 Å². The van der Waals surface area contributed by atoms with Gasteiger partial charge < -0.3 is 15.8 Å². The maximum Gasteiger partial charge on any atom is 0.316 e. The summed E-state index contributed by atoms with van der Waals surface area (Å²) < 4.78 is 23.3. The SMILES string of the molecule is Cc1cccc(OCC(C)C)c1-n1nc2c(c1-c1ccc(NC(N)=O)c(F)c1)CN([C@@H](C)C(C)C)CC2. The lowest BCUT2D eigenvalue weighted by Gasteiger charge is -2.34. The highest BCUT2D eigenvalue weighted by molar-refractivity contribution is 5.88. The summed E-state index contributed by atoms with van der Waals surface area (Å²) in [6, 6.07) is 10.4. The Morgan fingerprint density at radius 2 is 1.95 bits per heavy atom. The summed E-state index contributed by atoms with van der Waals surface area (Å²) in [6.45, 7) is 15.2. The number of aryl methyl sites for hydroxylation is 1. The summed E-state index contributed by atoms with van der Waals surface area (Å²) in [5.74, 6) is 1.06. The van der Waals surface area contributed by atoms with E-state index in [0.29, 0.717) is 30.0 Å². The number of fused-ring (bicyclic) bond motifs is 1. The number of carbonyl (C=O) groups excluding carboxylic acids is 1. The molecular formula is C29H38FN5O2. The molecule has 1 aromatic heterocycles. The van der Waals surface area contributed by atoms with Crippen molar-refractivity contribution < 1.29 is 13.9 Å². The number of rotatable bonds is 8. The lowest BCUT2D eigenvalue weighted by Crippen LogP contribution is -2.40. The number of para-hydroxylation sites is 1. The summed E-state index contributed by atoms with van der Waals surface area (Å²) in [7, 11) is 0. The van der Waals surface area contributed by atoms with Crippen molar-refractivity contribution in [1.29, 1.82) is 0 Å². The molecule has 1 atom stereocenters. The van der Waals surface area contributed by atoms with E-state index in [1.54, 1.807) is 12.1 Å². The Morgan fingerprint density at radius 3 is 2.59 bits per heavy atom. The van der Waals surface area contributed by atoms with Crippen molar-refractivity contribution in [3.8, 4) is 22.7 Å². The van der Waals surface area contributed by atoms with Gasteiger partial charge in [-0.15, -0.1) is 0 Å². The van der Waals surface area contributed by atoms with Crippen LogP contribution in [0.3, 0.4) is 0 Å². The molecule has 8 heteroatoms. The maximum atomic E-state index is 15.1. The van der Waals surface area contributed by atoms with Crippen LogP contribution in [0.25, 0.3) is 16.9 Å². The number of ether oxygens (including phenoxy) is 1. The summed E-state index contributed by atoms with van der Waals surface area (Å²) in [4.78, 5) is 13.8. The first kappa shape index (κ1) is 26.7. The fourth-order valence-electron chi connectivity index (χ4n) is 4.79. The van der Waals surface area contributed by atoms with Gasteiger partial charge in [-0.3, -0.25) is 4.90 Å². The van der Waals surface area contributed by atoms with Crippen LogP contribution in [0.1, 0.15) is 51.4 Å². The van der Waals surface area contributed by atoms with Gasteiger partial charge in [0.2, 0.25) is 0 Å². The highest BCUT2D eigenvalue weighted by Crippen LogP contribution is 2.38. The molecule has 0 radical (unpaired) electrons. The van der Waals surface area contributed by atoms with Gasteiger partial charge in [0.1, 0.15) is 17.3 Å². The smallest absolute Gasteiger partial charge is 0.316 e. The number of urea groups is 1. The van der Waals surface area contributed by atoms with E-state index in [-0.39, 0.29) is 5.69 Å². The molecule has 1 aliphatic heterocycles. The number of primary amides is 1. The number of hydrogen-bond donors (Lipinski definition) is 2. The molecule has 7 nitrogen and oxygen atoms in total. The van der Waals surface area contributed by atoms with E-state index in [2.05, 4.69) is 44.8 Å². The molecule has 0 bridgehead atoms. The minimum absolute atomic E-state index is 0.0445. The third-order valence-electron chi connectivity index (χ3n) is 7.09. The topological polar surface area (TPSA) is 85.4 Å². The summed E-state index contributed by atoms with van der Waals surface area (Å²) in [5, 5.41) is 7.43.